The third-order valence-corrected chi connectivity index (χ3v) is 2.46. The van der Waals surface area contributed by atoms with E-state index in [9.17, 15) is 0 Å². The zero-order valence-electron chi connectivity index (χ0n) is 9.59. The van der Waals surface area contributed by atoms with Crippen molar-refractivity contribution in [3.63, 3.8) is 0 Å². The molecule has 0 amide bonds. The topological polar surface area (TPSA) is 59.1 Å². The first-order valence-corrected chi connectivity index (χ1v) is 6.06. The largest absolute Gasteiger partial charge is 0.383 e. The zero-order valence-corrected chi connectivity index (χ0v) is 11.2. The predicted octanol–water partition coefficient (Wildman–Crippen LogP) is 2.12. The third kappa shape index (κ3) is 4.32. The number of anilines is 2. The number of hydrogen-bond acceptors (Lipinski definition) is 5. The van der Waals surface area contributed by atoms with Crippen LogP contribution < -0.4 is 10.6 Å². The van der Waals surface area contributed by atoms with Crippen molar-refractivity contribution in [2.45, 2.75) is 13.3 Å². The number of hydrogen-bond donors (Lipinski definition) is 2. The number of aromatic nitrogens is 2. The standard InChI is InChI=1S/C10H17BrN4O/c1-3-4-13-10-14-7-8(11)9(15-10)12-5-6-16-2/h7H,3-6H2,1-2H3,(H2,12,13,14,15). The highest BCUT2D eigenvalue weighted by Gasteiger charge is 2.03. The van der Waals surface area contributed by atoms with Crippen molar-refractivity contribution in [1.29, 1.82) is 0 Å². The minimum atomic E-state index is 0.643. The van der Waals surface area contributed by atoms with E-state index in [2.05, 4.69) is 43.5 Å². The molecular weight excluding hydrogens is 272 g/mol. The SMILES string of the molecule is CCCNc1ncc(Br)c(NCCOC)n1. The normalized spacial score (nSPS) is 10.2. The second-order valence-electron chi connectivity index (χ2n) is 3.24. The zero-order chi connectivity index (χ0) is 11.8. The Bertz CT molecular complexity index is 322. The maximum atomic E-state index is 4.96. The van der Waals surface area contributed by atoms with Crippen LogP contribution in [0.1, 0.15) is 13.3 Å². The Labute approximate surface area is 104 Å². The smallest absolute Gasteiger partial charge is 0.224 e. The van der Waals surface area contributed by atoms with Gasteiger partial charge in [-0.3, -0.25) is 0 Å². The van der Waals surface area contributed by atoms with Crippen LogP contribution in [-0.2, 0) is 4.74 Å². The number of rotatable bonds is 7. The summed E-state index contributed by atoms with van der Waals surface area (Å²) in [5.74, 6) is 1.43. The lowest BCUT2D eigenvalue weighted by atomic mass is 10.5. The Kier molecular flexibility index (Phi) is 6.10. The molecular formula is C10H17BrN4O. The number of nitrogens with zero attached hydrogens (tertiary/aromatic N) is 2. The molecule has 0 unspecified atom stereocenters. The summed E-state index contributed by atoms with van der Waals surface area (Å²) >= 11 is 3.39. The van der Waals surface area contributed by atoms with Crippen molar-refractivity contribution in [3.8, 4) is 0 Å². The molecule has 1 heterocycles. The van der Waals surface area contributed by atoms with Crippen molar-refractivity contribution in [2.75, 3.05) is 37.4 Å². The van der Waals surface area contributed by atoms with E-state index < -0.39 is 0 Å². The van der Waals surface area contributed by atoms with Crippen molar-refractivity contribution in [2.24, 2.45) is 0 Å². The Morgan fingerprint density at radius 3 is 2.88 bits per heavy atom. The molecule has 1 aromatic heterocycles. The van der Waals surface area contributed by atoms with E-state index >= 15 is 0 Å². The number of nitrogens with one attached hydrogen (secondary N) is 2. The minimum absolute atomic E-state index is 0.643. The summed E-state index contributed by atoms with van der Waals surface area (Å²) in [5.41, 5.74) is 0. The molecule has 1 rings (SSSR count). The molecule has 0 saturated carbocycles. The summed E-state index contributed by atoms with van der Waals surface area (Å²) < 4.78 is 5.81. The molecule has 0 saturated heterocycles. The molecule has 0 aliphatic heterocycles. The number of methoxy groups -OCH3 is 1. The number of ether oxygens (including phenoxy) is 1. The lowest BCUT2D eigenvalue weighted by Gasteiger charge is -2.09. The third-order valence-electron chi connectivity index (χ3n) is 1.88. The summed E-state index contributed by atoms with van der Waals surface area (Å²) in [7, 11) is 1.67. The summed E-state index contributed by atoms with van der Waals surface area (Å²) in [6, 6.07) is 0. The highest BCUT2D eigenvalue weighted by molar-refractivity contribution is 9.10. The Morgan fingerprint density at radius 1 is 1.38 bits per heavy atom. The van der Waals surface area contributed by atoms with Gasteiger partial charge in [-0.2, -0.15) is 4.98 Å². The molecule has 6 heteroatoms. The quantitative estimate of drug-likeness (QED) is 0.753. The minimum Gasteiger partial charge on any atom is -0.383 e. The van der Waals surface area contributed by atoms with Gasteiger partial charge in [0.1, 0.15) is 5.82 Å². The van der Waals surface area contributed by atoms with Crippen LogP contribution in [0.2, 0.25) is 0 Å². The van der Waals surface area contributed by atoms with E-state index in [1.807, 2.05) is 0 Å². The van der Waals surface area contributed by atoms with E-state index in [4.69, 9.17) is 4.74 Å². The molecule has 0 spiro atoms. The molecule has 0 radical (unpaired) electrons. The number of halogens is 1. The van der Waals surface area contributed by atoms with E-state index in [-0.39, 0.29) is 0 Å². The second-order valence-corrected chi connectivity index (χ2v) is 4.09. The lowest BCUT2D eigenvalue weighted by Crippen LogP contribution is -2.11. The molecule has 0 aliphatic carbocycles. The summed E-state index contributed by atoms with van der Waals surface area (Å²) in [6.07, 6.45) is 2.78. The maximum absolute atomic E-state index is 4.96. The van der Waals surface area contributed by atoms with Crippen LogP contribution in [0.3, 0.4) is 0 Å². The van der Waals surface area contributed by atoms with Crippen LogP contribution in [0.25, 0.3) is 0 Å². The first-order chi connectivity index (χ1) is 7.77. The van der Waals surface area contributed by atoms with E-state index in [1.54, 1.807) is 13.3 Å². The molecule has 90 valence electrons. The first-order valence-electron chi connectivity index (χ1n) is 5.27. The van der Waals surface area contributed by atoms with E-state index in [1.165, 1.54) is 0 Å². The van der Waals surface area contributed by atoms with Crippen molar-refractivity contribution < 1.29 is 4.74 Å². The Balaban J connectivity index is 2.59. The fourth-order valence-electron chi connectivity index (χ4n) is 1.08. The van der Waals surface area contributed by atoms with Crippen LogP contribution in [0, 0.1) is 0 Å². The van der Waals surface area contributed by atoms with Gasteiger partial charge in [-0.1, -0.05) is 6.92 Å². The van der Waals surface area contributed by atoms with Gasteiger partial charge in [-0.15, -0.1) is 0 Å². The van der Waals surface area contributed by atoms with Gasteiger partial charge in [-0.05, 0) is 22.4 Å². The second kappa shape index (κ2) is 7.40. The summed E-state index contributed by atoms with van der Waals surface area (Å²) in [5, 5.41) is 6.31. The molecule has 1 aromatic rings. The highest BCUT2D eigenvalue weighted by Crippen LogP contribution is 2.19. The molecule has 0 atom stereocenters. The fraction of sp³-hybridized carbons (Fsp3) is 0.600. The first kappa shape index (κ1) is 13.2. The van der Waals surface area contributed by atoms with Crippen molar-refractivity contribution >= 4 is 27.7 Å². The predicted molar refractivity (Wildman–Crippen MR) is 68.9 cm³/mol. The molecule has 2 N–H and O–H groups in total. The Hall–Kier alpha value is -0.880. The van der Waals surface area contributed by atoms with E-state index in [0.29, 0.717) is 12.6 Å². The average molecular weight is 289 g/mol. The monoisotopic (exact) mass is 288 g/mol. The van der Waals surface area contributed by atoms with Crippen LogP contribution in [0.4, 0.5) is 11.8 Å². The van der Waals surface area contributed by atoms with Gasteiger partial charge in [-0.25, -0.2) is 4.98 Å². The van der Waals surface area contributed by atoms with Crippen molar-refractivity contribution in [3.05, 3.63) is 10.7 Å². The average Bonchev–Trinajstić information content (AvgIpc) is 2.30. The van der Waals surface area contributed by atoms with Gasteiger partial charge in [0.25, 0.3) is 0 Å². The fourth-order valence-corrected chi connectivity index (χ4v) is 1.42. The van der Waals surface area contributed by atoms with Crippen LogP contribution >= 0.6 is 15.9 Å². The van der Waals surface area contributed by atoms with Gasteiger partial charge < -0.3 is 15.4 Å². The van der Waals surface area contributed by atoms with Crippen LogP contribution in [-0.4, -0.2) is 36.8 Å². The van der Waals surface area contributed by atoms with Crippen molar-refractivity contribution in [1.82, 2.24) is 9.97 Å². The molecule has 16 heavy (non-hydrogen) atoms. The highest BCUT2D eigenvalue weighted by atomic mass is 79.9. The molecule has 0 bridgehead atoms. The van der Waals surface area contributed by atoms with Crippen LogP contribution in [0.5, 0.6) is 0 Å². The maximum Gasteiger partial charge on any atom is 0.224 e. The summed E-state index contributed by atoms with van der Waals surface area (Å²) in [6.45, 7) is 4.34. The van der Waals surface area contributed by atoms with Gasteiger partial charge in [0, 0.05) is 26.4 Å². The molecule has 0 aromatic carbocycles. The molecule has 0 fully saturated rings. The van der Waals surface area contributed by atoms with Gasteiger partial charge in [0.2, 0.25) is 5.95 Å². The van der Waals surface area contributed by atoms with E-state index in [0.717, 1.165) is 29.8 Å². The van der Waals surface area contributed by atoms with Gasteiger partial charge in [0.05, 0.1) is 11.1 Å². The van der Waals surface area contributed by atoms with Gasteiger partial charge >= 0.3 is 0 Å². The molecule has 0 aliphatic rings. The molecule has 5 nitrogen and oxygen atoms in total. The van der Waals surface area contributed by atoms with Crippen LogP contribution in [0.15, 0.2) is 10.7 Å². The van der Waals surface area contributed by atoms with Gasteiger partial charge in [0.15, 0.2) is 0 Å². The Morgan fingerprint density at radius 2 is 2.19 bits per heavy atom. The summed E-state index contributed by atoms with van der Waals surface area (Å²) in [4.78, 5) is 8.51. The lowest BCUT2D eigenvalue weighted by molar-refractivity contribution is 0.210.